The van der Waals surface area contributed by atoms with Crippen molar-refractivity contribution in [3.8, 4) is 0 Å². The third-order valence-corrected chi connectivity index (χ3v) is 6.72. The first-order valence-electron chi connectivity index (χ1n) is 11.5. The van der Waals surface area contributed by atoms with E-state index in [2.05, 4.69) is 26.0 Å². The van der Waals surface area contributed by atoms with Crippen molar-refractivity contribution >= 4 is 28.9 Å². The summed E-state index contributed by atoms with van der Waals surface area (Å²) in [5.41, 5.74) is 0.394. The van der Waals surface area contributed by atoms with Crippen LogP contribution in [-0.4, -0.2) is 57.3 Å². The normalized spacial score (nSPS) is 21.6. The van der Waals surface area contributed by atoms with Gasteiger partial charge in [-0.3, -0.25) is 9.59 Å². The third-order valence-electron chi connectivity index (χ3n) is 6.72. The molecule has 0 bridgehead atoms. The van der Waals surface area contributed by atoms with Crippen LogP contribution in [0, 0.1) is 0 Å². The van der Waals surface area contributed by atoms with Crippen LogP contribution in [0.3, 0.4) is 0 Å². The molecule has 0 spiro atoms. The van der Waals surface area contributed by atoms with Gasteiger partial charge in [-0.05, 0) is 31.4 Å². The van der Waals surface area contributed by atoms with Gasteiger partial charge in [0.2, 0.25) is 0 Å². The van der Waals surface area contributed by atoms with Crippen LogP contribution in [0.5, 0.6) is 0 Å². The summed E-state index contributed by atoms with van der Waals surface area (Å²) in [7, 11) is 3.37. The highest BCUT2D eigenvalue weighted by Crippen LogP contribution is 2.44. The predicted molar refractivity (Wildman–Crippen MR) is 126 cm³/mol. The molecule has 35 heavy (non-hydrogen) atoms. The number of nitrogens with zero attached hydrogens (tertiary/aromatic N) is 4. The molecule has 1 amide bonds. The molecule has 3 heterocycles. The number of rotatable bonds is 7. The number of alkyl halides is 2. The molecule has 2 fully saturated rings. The van der Waals surface area contributed by atoms with Crippen LogP contribution >= 0.6 is 0 Å². The molecule has 0 radical (unpaired) electrons. The van der Waals surface area contributed by atoms with Crippen molar-refractivity contribution in [3.63, 3.8) is 0 Å². The number of hydrogen-bond acceptors (Lipinski definition) is 7. The molecular weight excluding hydrogens is 460 g/mol. The lowest BCUT2D eigenvalue weighted by Gasteiger charge is -2.36. The first-order chi connectivity index (χ1) is 16.8. The maximum Gasteiger partial charge on any atom is 0.274 e. The van der Waals surface area contributed by atoms with Crippen molar-refractivity contribution < 1.29 is 18.3 Å². The Balaban J connectivity index is 1.42. The minimum Gasteiger partial charge on any atom is -0.381 e. The summed E-state index contributed by atoms with van der Waals surface area (Å²) in [5, 5.41) is 13.3. The number of ether oxygens (including phenoxy) is 1. The van der Waals surface area contributed by atoms with Gasteiger partial charge in [0.25, 0.3) is 17.4 Å². The minimum atomic E-state index is -2.73. The topological polar surface area (TPSA) is 115 Å². The molecule has 186 valence electrons. The standard InChI is InChI=1S/C23H27F2N7O3/c1-26-19-9-18(29-17-4-3-7-31(22(17)34)14-10-23(24,25)11-14)30-20-16(12-27-32(19)20)21(33)28-13-5-6-15(8-13)35-2/h3-4,7,9,12-15,26H,5-6,8,10-11H2,1-2H3,(H,28,33)(H,29,30)/t13-,15-/m0/s1. The number of amides is 1. The Labute approximate surface area is 199 Å². The van der Waals surface area contributed by atoms with Crippen molar-refractivity contribution in [2.24, 2.45) is 0 Å². The van der Waals surface area contributed by atoms with Crippen LogP contribution in [0.2, 0.25) is 0 Å². The van der Waals surface area contributed by atoms with E-state index in [0.29, 0.717) is 22.8 Å². The molecule has 5 rings (SSSR count). The van der Waals surface area contributed by atoms with Gasteiger partial charge in [-0.15, -0.1) is 0 Å². The largest absolute Gasteiger partial charge is 0.381 e. The number of pyridine rings is 1. The van der Waals surface area contributed by atoms with Crippen LogP contribution in [0.4, 0.5) is 26.1 Å². The summed E-state index contributed by atoms with van der Waals surface area (Å²) in [6.45, 7) is 0. The molecule has 0 unspecified atom stereocenters. The van der Waals surface area contributed by atoms with E-state index in [1.165, 1.54) is 21.5 Å². The highest BCUT2D eigenvalue weighted by Gasteiger charge is 2.46. The molecular formula is C23H27F2N7O3. The van der Waals surface area contributed by atoms with Crippen molar-refractivity contribution in [2.75, 3.05) is 24.8 Å². The van der Waals surface area contributed by atoms with Gasteiger partial charge in [-0.1, -0.05) is 0 Å². The lowest BCUT2D eigenvalue weighted by molar-refractivity contribution is -0.104. The molecule has 0 aliphatic heterocycles. The van der Waals surface area contributed by atoms with Gasteiger partial charge in [0.15, 0.2) is 5.65 Å². The molecule has 0 aromatic carbocycles. The number of anilines is 3. The highest BCUT2D eigenvalue weighted by molar-refractivity contribution is 6.00. The number of methoxy groups -OCH3 is 1. The summed E-state index contributed by atoms with van der Waals surface area (Å²) in [5.74, 6) is -2.16. The van der Waals surface area contributed by atoms with E-state index in [1.807, 2.05) is 0 Å². The molecule has 12 heteroatoms. The van der Waals surface area contributed by atoms with Gasteiger partial charge < -0.3 is 25.3 Å². The van der Waals surface area contributed by atoms with E-state index >= 15 is 0 Å². The number of fused-ring (bicyclic) bond motifs is 1. The lowest BCUT2D eigenvalue weighted by Crippen LogP contribution is -2.41. The molecule has 2 aliphatic carbocycles. The SMILES string of the molecule is CNc1cc(Nc2cccn(C3CC(F)(F)C3)c2=O)nc2c(C(=O)N[C@H]3CC[C@H](OC)C3)cnn12. The van der Waals surface area contributed by atoms with Gasteiger partial charge in [0.05, 0.1) is 12.3 Å². The second-order valence-corrected chi connectivity index (χ2v) is 9.09. The zero-order valence-corrected chi connectivity index (χ0v) is 19.4. The number of hydrogen-bond donors (Lipinski definition) is 3. The quantitative estimate of drug-likeness (QED) is 0.469. The van der Waals surface area contributed by atoms with Crippen molar-refractivity contribution in [2.45, 2.75) is 56.2 Å². The summed E-state index contributed by atoms with van der Waals surface area (Å²) in [6, 6.07) is 4.31. The van der Waals surface area contributed by atoms with E-state index in [9.17, 15) is 18.4 Å². The molecule has 3 aromatic heterocycles. The number of nitrogens with one attached hydrogen (secondary N) is 3. The molecule has 3 aromatic rings. The zero-order chi connectivity index (χ0) is 24.7. The first kappa shape index (κ1) is 23.2. The summed E-state index contributed by atoms with van der Waals surface area (Å²) in [4.78, 5) is 30.5. The second-order valence-electron chi connectivity index (χ2n) is 9.09. The van der Waals surface area contributed by atoms with Gasteiger partial charge in [0, 0.05) is 51.3 Å². The van der Waals surface area contributed by atoms with Crippen molar-refractivity contribution in [3.05, 3.63) is 46.5 Å². The van der Waals surface area contributed by atoms with Gasteiger partial charge in [-0.25, -0.2) is 13.8 Å². The fraction of sp³-hybridized carbons (Fsp3) is 0.478. The predicted octanol–water partition coefficient (Wildman–Crippen LogP) is 2.94. The lowest BCUT2D eigenvalue weighted by atomic mass is 9.88. The minimum absolute atomic E-state index is 0.00847. The fourth-order valence-electron chi connectivity index (χ4n) is 4.77. The van der Waals surface area contributed by atoms with E-state index in [1.54, 1.807) is 32.4 Å². The van der Waals surface area contributed by atoms with Gasteiger partial charge in [0.1, 0.15) is 22.9 Å². The summed E-state index contributed by atoms with van der Waals surface area (Å²) < 4.78 is 34.9. The maximum absolute atomic E-state index is 13.3. The number of carbonyl (C=O) groups is 1. The zero-order valence-electron chi connectivity index (χ0n) is 19.4. The summed E-state index contributed by atoms with van der Waals surface area (Å²) in [6.07, 6.45) is 4.86. The van der Waals surface area contributed by atoms with Crippen molar-refractivity contribution in [1.29, 1.82) is 0 Å². The first-order valence-corrected chi connectivity index (χ1v) is 11.5. The Morgan fingerprint density at radius 2 is 2.09 bits per heavy atom. The molecule has 10 nitrogen and oxygen atoms in total. The number of carbonyl (C=O) groups excluding carboxylic acids is 1. The summed E-state index contributed by atoms with van der Waals surface area (Å²) >= 11 is 0. The van der Waals surface area contributed by atoms with E-state index in [-0.39, 0.29) is 36.6 Å². The van der Waals surface area contributed by atoms with Gasteiger partial charge >= 0.3 is 0 Å². The smallest absolute Gasteiger partial charge is 0.274 e. The average molecular weight is 488 g/mol. The van der Waals surface area contributed by atoms with Crippen LogP contribution in [0.15, 0.2) is 35.4 Å². The van der Waals surface area contributed by atoms with Crippen LogP contribution < -0.4 is 21.5 Å². The van der Waals surface area contributed by atoms with Gasteiger partial charge in [-0.2, -0.15) is 9.61 Å². The van der Waals surface area contributed by atoms with Crippen LogP contribution in [0.25, 0.3) is 5.65 Å². The van der Waals surface area contributed by atoms with E-state index in [4.69, 9.17) is 4.74 Å². The Hall–Kier alpha value is -3.54. The highest BCUT2D eigenvalue weighted by atomic mass is 19.3. The average Bonchev–Trinajstić information content (AvgIpc) is 3.45. The third kappa shape index (κ3) is 4.45. The monoisotopic (exact) mass is 487 g/mol. The number of halogens is 2. The molecule has 2 saturated carbocycles. The van der Waals surface area contributed by atoms with Crippen LogP contribution in [-0.2, 0) is 4.74 Å². The maximum atomic E-state index is 13.3. The molecule has 2 aliphatic rings. The molecule has 2 atom stereocenters. The van der Waals surface area contributed by atoms with E-state index in [0.717, 1.165) is 19.3 Å². The number of aromatic nitrogens is 4. The second kappa shape index (κ2) is 8.91. The Morgan fingerprint density at radius 1 is 1.29 bits per heavy atom. The fourth-order valence-corrected chi connectivity index (χ4v) is 4.77. The van der Waals surface area contributed by atoms with Crippen molar-refractivity contribution in [1.82, 2.24) is 24.5 Å². The Morgan fingerprint density at radius 3 is 2.77 bits per heavy atom. The Bertz CT molecular complexity index is 1310. The molecule has 0 saturated heterocycles. The van der Waals surface area contributed by atoms with E-state index < -0.39 is 17.5 Å². The van der Waals surface area contributed by atoms with Crippen LogP contribution in [0.1, 0.15) is 48.5 Å². The Kier molecular flexibility index (Phi) is 5.91. The molecule has 3 N–H and O–H groups in total.